The summed E-state index contributed by atoms with van der Waals surface area (Å²) in [5.41, 5.74) is 3.30. The zero-order valence-corrected chi connectivity index (χ0v) is 30.0. The van der Waals surface area contributed by atoms with E-state index in [1.165, 1.54) is 13.2 Å². The summed E-state index contributed by atoms with van der Waals surface area (Å²) in [4.78, 5) is 33.1. The Labute approximate surface area is 294 Å². The minimum atomic E-state index is -3.08. The van der Waals surface area contributed by atoms with Gasteiger partial charge in [0.05, 0.1) is 29.7 Å². The number of benzene rings is 1. The lowest BCUT2D eigenvalue weighted by Crippen LogP contribution is -2.55. The number of carbonyl (C=O) groups excluding carboxylic acids is 1. The van der Waals surface area contributed by atoms with Crippen LogP contribution in [0.25, 0.3) is 10.8 Å². The molecule has 50 heavy (non-hydrogen) atoms. The molecule has 0 aliphatic carbocycles. The molecule has 4 atom stereocenters. The maximum Gasteiger partial charge on any atom is 0.246 e. The van der Waals surface area contributed by atoms with Crippen molar-refractivity contribution < 1.29 is 22.3 Å². The number of halogens is 1. The van der Waals surface area contributed by atoms with Gasteiger partial charge < -0.3 is 24.8 Å². The molecule has 0 bridgehead atoms. The predicted molar refractivity (Wildman–Crippen MR) is 195 cm³/mol. The van der Waals surface area contributed by atoms with Crippen molar-refractivity contribution in [2.24, 2.45) is 5.92 Å². The first kappa shape index (κ1) is 34.6. The van der Waals surface area contributed by atoms with Gasteiger partial charge in [0.2, 0.25) is 11.9 Å². The van der Waals surface area contributed by atoms with Crippen LogP contribution in [0.5, 0.6) is 0 Å². The number of anilines is 4. The number of amides is 1. The third-order valence-corrected chi connectivity index (χ3v) is 13.5. The Morgan fingerprint density at radius 3 is 2.58 bits per heavy atom. The Morgan fingerprint density at radius 2 is 1.86 bits per heavy atom. The van der Waals surface area contributed by atoms with Gasteiger partial charge in [0.15, 0.2) is 9.84 Å². The largest absolute Gasteiger partial charge is 0.378 e. The van der Waals surface area contributed by atoms with Crippen LogP contribution in [0.3, 0.4) is 0 Å². The highest BCUT2D eigenvalue weighted by atomic mass is 32.2. The molecule has 0 spiro atoms. The lowest BCUT2D eigenvalue weighted by molar-refractivity contribution is -0.126. The van der Waals surface area contributed by atoms with E-state index in [0.717, 1.165) is 59.7 Å². The number of hydrogen-bond acceptors (Lipinski definition) is 10. The van der Waals surface area contributed by atoms with Gasteiger partial charge in [-0.1, -0.05) is 26.8 Å². The van der Waals surface area contributed by atoms with Gasteiger partial charge in [0, 0.05) is 62.7 Å². The summed E-state index contributed by atoms with van der Waals surface area (Å²) < 4.78 is 45.9. The first-order valence-corrected chi connectivity index (χ1v) is 19.7. The highest BCUT2D eigenvalue weighted by Crippen LogP contribution is 2.46. The normalized spacial score (nSPS) is 25.6. The van der Waals surface area contributed by atoms with Crippen molar-refractivity contribution >= 4 is 49.8 Å². The Morgan fingerprint density at radius 1 is 1.04 bits per heavy atom. The minimum absolute atomic E-state index is 0.0717. The molecule has 3 aromatic rings. The van der Waals surface area contributed by atoms with Crippen LogP contribution in [0.15, 0.2) is 43.2 Å². The van der Waals surface area contributed by atoms with Crippen LogP contribution in [0.1, 0.15) is 75.5 Å². The monoisotopic (exact) mass is 705 g/mol. The van der Waals surface area contributed by atoms with Crippen LogP contribution >= 0.6 is 0 Å². The molecule has 4 saturated heterocycles. The zero-order valence-electron chi connectivity index (χ0n) is 29.2. The SMILES string of the molecule is C=CC(=O)N1CCC[C@@H]1c1cc(N2CC([C@H]3CCCCS3(=O)=O)C2)c2cnc(Nc3ccnc(N4CC[C@@H](OC)[C@@H](F)C4)n3)cc2c1C(C)C. The van der Waals surface area contributed by atoms with E-state index in [4.69, 9.17) is 14.7 Å². The average molecular weight is 706 g/mol. The average Bonchev–Trinajstić information content (AvgIpc) is 3.57. The number of nitrogens with zero attached hydrogens (tertiary/aromatic N) is 6. The first-order valence-electron chi connectivity index (χ1n) is 18.0. The van der Waals surface area contributed by atoms with E-state index >= 15 is 0 Å². The number of nitrogens with one attached hydrogen (secondary N) is 1. The molecular weight excluding hydrogens is 658 g/mol. The maximum absolute atomic E-state index is 14.7. The van der Waals surface area contributed by atoms with E-state index < -0.39 is 22.1 Å². The standard InChI is InChI=1S/C37H48FN7O4S/c1-5-35(46)45-14-8-9-29(45)26-17-30(44-20-24(21-44)32-10-6-7-16-50(32,47)48)27-19-40-34(18-25(27)36(26)23(2)3)41-33-11-13-39-37(42-33)43-15-12-31(49-4)28(38)22-43/h5,11,13,17-19,23-24,28-29,31-32H,1,6-10,12,14-16,20-22H2,2-4H3,(H,39,40,41,42)/t28-,29+,31+,32+/m0/s1. The lowest BCUT2D eigenvalue weighted by Gasteiger charge is -2.46. The molecule has 0 saturated carbocycles. The highest BCUT2D eigenvalue weighted by molar-refractivity contribution is 7.92. The van der Waals surface area contributed by atoms with Crippen molar-refractivity contribution in [3.05, 3.63) is 54.4 Å². The molecule has 6 heterocycles. The van der Waals surface area contributed by atoms with Crippen LogP contribution in [0, 0.1) is 5.92 Å². The summed E-state index contributed by atoms with van der Waals surface area (Å²) in [6, 6.07) is 5.97. The molecule has 7 rings (SSSR count). The summed E-state index contributed by atoms with van der Waals surface area (Å²) in [5.74, 6) is 2.06. The van der Waals surface area contributed by atoms with Gasteiger partial charge in [0.25, 0.3) is 0 Å². The Kier molecular flexibility index (Phi) is 9.73. The number of carbonyl (C=O) groups is 1. The predicted octanol–water partition coefficient (Wildman–Crippen LogP) is 5.71. The molecule has 1 N–H and O–H groups in total. The zero-order chi connectivity index (χ0) is 35.2. The second-order valence-electron chi connectivity index (χ2n) is 14.5. The number of ether oxygens (including phenoxy) is 1. The molecule has 13 heteroatoms. The van der Waals surface area contributed by atoms with Crippen molar-refractivity contribution in [1.82, 2.24) is 19.9 Å². The maximum atomic E-state index is 14.7. The number of aromatic nitrogens is 3. The number of likely N-dealkylation sites (tertiary alicyclic amines) is 1. The van der Waals surface area contributed by atoms with Crippen molar-refractivity contribution in [2.45, 2.75) is 81.9 Å². The van der Waals surface area contributed by atoms with E-state index in [2.05, 4.69) is 47.8 Å². The third kappa shape index (κ3) is 6.54. The molecule has 1 aromatic carbocycles. The van der Waals surface area contributed by atoms with Crippen molar-refractivity contribution in [3.63, 3.8) is 0 Å². The van der Waals surface area contributed by atoms with Crippen molar-refractivity contribution in [2.75, 3.05) is 60.7 Å². The van der Waals surface area contributed by atoms with E-state index in [0.29, 0.717) is 50.2 Å². The summed E-state index contributed by atoms with van der Waals surface area (Å²) in [5, 5.41) is 5.11. The van der Waals surface area contributed by atoms with Gasteiger partial charge in [-0.2, -0.15) is 4.98 Å². The van der Waals surface area contributed by atoms with Crippen LogP contribution in [-0.4, -0.2) is 97.3 Å². The smallest absolute Gasteiger partial charge is 0.246 e. The molecular formula is C37H48FN7O4S. The summed E-state index contributed by atoms with van der Waals surface area (Å²) in [6.45, 7) is 10.9. The Hall–Kier alpha value is -3.84. The number of fused-ring (bicyclic) bond motifs is 1. The van der Waals surface area contributed by atoms with E-state index in [9.17, 15) is 17.6 Å². The topological polar surface area (TPSA) is 121 Å². The van der Waals surface area contributed by atoms with E-state index in [-0.39, 0.29) is 41.3 Å². The second kappa shape index (κ2) is 14.1. The van der Waals surface area contributed by atoms with Gasteiger partial charge in [-0.3, -0.25) is 4.79 Å². The summed E-state index contributed by atoms with van der Waals surface area (Å²) in [7, 11) is -1.54. The number of sulfone groups is 1. The first-order chi connectivity index (χ1) is 24.1. The van der Waals surface area contributed by atoms with Crippen LogP contribution in [0.2, 0.25) is 0 Å². The Balaban J connectivity index is 1.25. The molecule has 4 aliphatic heterocycles. The van der Waals surface area contributed by atoms with Crippen molar-refractivity contribution in [1.29, 1.82) is 0 Å². The van der Waals surface area contributed by atoms with E-state index in [1.54, 1.807) is 12.3 Å². The van der Waals surface area contributed by atoms with Crippen molar-refractivity contribution in [3.8, 4) is 0 Å². The molecule has 2 aromatic heterocycles. The third-order valence-electron chi connectivity index (χ3n) is 11.1. The van der Waals surface area contributed by atoms with Crippen LogP contribution < -0.4 is 15.1 Å². The number of alkyl halides is 1. The fourth-order valence-electron chi connectivity index (χ4n) is 8.55. The summed E-state index contributed by atoms with van der Waals surface area (Å²) in [6.07, 6.45) is 8.17. The minimum Gasteiger partial charge on any atom is -0.378 e. The molecule has 11 nitrogen and oxygen atoms in total. The van der Waals surface area contributed by atoms with Gasteiger partial charge in [-0.15, -0.1) is 0 Å². The number of methoxy groups -OCH3 is 1. The highest BCUT2D eigenvalue weighted by Gasteiger charge is 2.43. The molecule has 268 valence electrons. The van der Waals surface area contributed by atoms with Crippen LogP contribution in [0.4, 0.5) is 27.7 Å². The fraction of sp³-hybridized carbons (Fsp3) is 0.568. The Bertz CT molecular complexity index is 1870. The molecule has 4 fully saturated rings. The molecule has 0 radical (unpaired) electrons. The quantitative estimate of drug-likeness (QED) is 0.277. The second-order valence-corrected chi connectivity index (χ2v) is 16.9. The van der Waals surface area contributed by atoms with E-state index in [1.807, 2.05) is 16.0 Å². The summed E-state index contributed by atoms with van der Waals surface area (Å²) >= 11 is 0. The lowest BCUT2D eigenvalue weighted by atomic mass is 9.85. The number of hydrogen-bond donors (Lipinski definition) is 1. The van der Waals surface area contributed by atoms with Crippen LogP contribution in [-0.2, 0) is 19.4 Å². The fourth-order valence-corrected chi connectivity index (χ4v) is 10.7. The molecule has 1 amide bonds. The van der Waals surface area contributed by atoms with Gasteiger partial charge >= 0.3 is 0 Å². The van der Waals surface area contributed by atoms with Gasteiger partial charge in [0.1, 0.15) is 17.8 Å². The van der Waals surface area contributed by atoms with Gasteiger partial charge in [-0.25, -0.2) is 22.8 Å². The number of pyridine rings is 1. The number of rotatable bonds is 9. The van der Waals surface area contributed by atoms with Gasteiger partial charge in [-0.05, 0) is 78.8 Å². The molecule has 0 unspecified atom stereocenters. The number of piperidine rings is 1. The molecule has 4 aliphatic rings.